The third-order valence-electron chi connectivity index (χ3n) is 2.95. The summed E-state index contributed by atoms with van der Waals surface area (Å²) in [6.45, 7) is 8.79. The normalized spacial score (nSPS) is 34.5. The number of hydrogen-bond donors (Lipinski definition) is 0. The third-order valence-corrected chi connectivity index (χ3v) is 3.97. The molecule has 0 unspecified atom stereocenters. The van der Waals surface area contributed by atoms with Gasteiger partial charge in [-0.3, -0.25) is 0 Å². The molecule has 1 aliphatic carbocycles. The maximum Gasteiger partial charge on any atom is 0.0786 e. The van der Waals surface area contributed by atoms with Crippen LogP contribution in [-0.2, 0) is 4.74 Å². The van der Waals surface area contributed by atoms with Crippen molar-refractivity contribution >= 4 is 15.9 Å². The van der Waals surface area contributed by atoms with E-state index < -0.39 is 0 Å². The Morgan fingerprint density at radius 1 is 1.29 bits per heavy atom. The summed E-state index contributed by atoms with van der Waals surface area (Å²) in [6, 6.07) is 0. The van der Waals surface area contributed by atoms with Gasteiger partial charge in [-0.25, -0.2) is 0 Å². The van der Waals surface area contributed by atoms with Crippen molar-refractivity contribution in [3.8, 4) is 0 Å². The van der Waals surface area contributed by atoms with Crippen LogP contribution < -0.4 is 0 Å². The Morgan fingerprint density at radius 3 is 2.14 bits per heavy atom. The van der Waals surface area contributed by atoms with Gasteiger partial charge < -0.3 is 4.74 Å². The summed E-state index contributed by atoms with van der Waals surface area (Å²) in [5.41, 5.74) is 0.0824. The summed E-state index contributed by atoms with van der Waals surface area (Å²) in [6.07, 6.45) is 5.02. The van der Waals surface area contributed by atoms with Crippen molar-refractivity contribution in [3.05, 3.63) is 0 Å². The minimum Gasteiger partial charge on any atom is -0.369 e. The summed E-state index contributed by atoms with van der Waals surface area (Å²) in [7, 11) is 0. The van der Waals surface area contributed by atoms with Gasteiger partial charge in [-0.15, -0.1) is 0 Å². The van der Waals surface area contributed by atoms with Crippen molar-refractivity contribution in [2.24, 2.45) is 5.92 Å². The van der Waals surface area contributed by atoms with E-state index in [1.807, 2.05) is 0 Å². The van der Waals surface area contributed by atoms with Crippen LogP contribution in [0.25, 0.3) is 0 Å². The topological polar surface area (TPSA) is 9.23 Å². The SMILES string of the molecule is CC1CCC(CBr)(OC(C)(C)C)CC1. The first-order valence-electron chi connectivity index (χ1n) is 5.63. The summed E-state index contributed by atoms with van der Waals surface area (Å²) in [4.78, 5) is 0. The number of alkyl halides is 1. The highest BCUT2D eigenvalue weighted by Gasteiger charge is 2.37. The van der Waals surface area contributed by atoms with E-state index in [2.05, 4.69) is 43.6 Å². The van der Waals surface area contributed by atoms with E-state index in [-0.39, 0.29) is 11.2 Å². The lowest BCUT2D eigenvalue weighted by atomic mass is 9.80. The molecule has 0 aromatic heterocycles. The Balaban J connectivity index is 2.59. The molecule has 1 rings (SSSR count). The fourth-order valence-electron chi connectivity index (χ4n) is 2.20. The quantitative estimate of drug-likeness (QED) is 0.680. The highest BCUT2D eigenvalue weighted by atomic mass is 79.9. The molecule has 0 heterocycles. The zero-order valence-electron chi connectivity index (χ0n) is 9.90. The number of ether oxygens (including phenoxy) is 1. The Morgan fingerprint density at radius 2 is 1.79 bits per heavy atom. The van der Waals surface area contributed by atoms with Gasteiger partial charge in [-0.05, 0) is 52.4 Å². The van der Waals surface area contributed by atoms with Crippen LogP contribution in [0.5, 0.6) is 0 Å². The van der Waals surface area contributed by atoms with Gasteiger partial charge in [0.15, 0.2) is 0 Å². The molecule has 0 aliphatic heterocycles. The molecule has 1 saturated carbocycles. The average Bonchev–Trinajstić information content (AvgIpc) is 2.07. The smallest absolute Gasteiger partial charge is 0.0786 e. The van der Waals surface area contributed by atoms with Gasteiger partial charge in [0, 0.05) is 5.33 Å². The highest BCUT2D eigenvalue weighted by Crippen LogP contribution is 2.38. The Labute approximate surface area is 96.7 Å². The molecule has 84 valence electrons. The molecule has 1 nitrogen and oxygen atoms in total. The van der Waals surface area contributed by atoms with E-state index >= 15 is 0 Å². The van der Waals surface area contributed by atoms with Gasteiger partial charge in [0.1, 0.15) is 0 Å². The molecule has 0 amide bonds. The standard InChI is InChI=1S/C12H23BrO/c1-10-5-7-12(9-13,8-6-10)14-11(2,3)4/h10H,5-9H2,1-4H3. The third kappa shape index (κ3) is 3.54. The number of hydrogen-bond acceptors (Lipinski definition) is 1. The molecule has 0 spiro atoms. The Hall–Kier alpha value is 0.440. The fourth-order valence-corrected chi connectivity index (χ4v) is 2.88. The first-order valence-corrected chi connectivity index (χ1v) is 6.75. The molecule has 0 radical (unpaired) electrons. The van der Waals surface area contributed by atoms with E-state index in [0.717, 1.165) is 11.2 Å². The Kier molecular flexibility index (Phi) is 4.04. The molecular weight excluding hydrogens is 240 g/mol. The second-order valence-electron chi connectivity index (χ2n) is 5.71. The predicted molar refractivity (Wildman–Crippen MR) is 65.0 cm³/mol. The molecule has 2 heteroatoms. The van der Waals surface area contributed by atoms with E-state index in [4.69, 9.17) is 4.74 Å². The number of rotatable bonds is 2. The molecular formula is C12H23BrO. The van der Waals surface area contributed by atoms with Crippen LogP contribution in [0.4, 0.5) is 0 Å². The zero-order chi connectivity index (χ0) is 10.8. The number of halogens is 1. The lowest BCUT2D eigenvalue weighted by Crippen LogP contribution is -2.44. The maximum absolute atomic E-state index is 6.22. The molecule has 1 fully saturated rings. The van der Waals surface area contributed by atoms with E-state index in [9.17, 15) is 0 Å². The minimum absolute atomic E-state index is 0.0195. The first kappa shape index (κ1) is 12.5. The largest absolute Gasteiger partial charge is 0.369 e. The molecule has 0 atom stereocenters. The molecule has 0 N–H and O–H groups in total. The van der Waals surface area contributed by atoms with E-state index in [1.165, 1.54) is 25.7 Å². The van der Waals surface area contributed by atoms with Crippen molar-refractivity contribution in [2.75, 3.05) is 5.33 Å². The first-order chi connectivity index (χ1) is 6.37. The van der Waals surface area contributed by atoms with Gasteiger partial charge >= 0.3 is 0 Å². The van der Waals surface area contributed by atoms with Crippen molar-refractivity contribution in [3.63, 3.8) is 0 Å². The summed E-state index contributed by atoms with van der Waals surface area (Å²) in [5.74, 6) is 0.880. The molecule has 14 heavy (non-hydrogen) atoms. The van der Waals surface area contributed by atoms with Gasteiger partial charge in [0.05, 0.1) is 11.2 Å². The van der Waals surface area contributed by atoms with Gasteiger partial charge in [0.25, 0.3) is 0 Å². The summed E-state index contributed by atoms with van der Waals surface area (Å²) < 4.78 is 6.22. The zero-order valence-corrected chi connectivity index (χ0v) is 11.5. The molecule has 0 bridgehead atoms. The Bertz CT molecular complexity index is 175. The lowest BCUT2D eigenvalue weighted by Gasteiger charge is -2.42. The van der Waals surface area contributed by atoms with Crippen molar-refractivity contribution in [2.45, 2.75) is 64.6 Å². The predicted octanol–water partition coefficient (Wildman–Crippen LogP) is 4.15. The van der Waals surface area contributed by atoms with Crippen LogP contribution in [0.1, 0.15) is 53.4 Å². The van der Waals surface area contributed by atoms with E-state index in [0.29, 0.717) is 0 Å². The second kappa shape index (κ2) is 4.52. The summed E-state index contributed by atoms with van der Waals surface area (Å²) in [5, 5.41) is 0.976. The van der Waals surface area contributed by atoms with Gasteiger partial charge in [-0.1, -0.05) is 22.9 Å². The van der Waals surface area contributed by atoms with Crippen LogP contribution in [0.15, 0.2) is 0 Å². The van der Waals surface area contributed by atoms with Crippen LogP contribution >= 0.6 is 15.9 Å². The van der Waals surface area contributed by atoms with Crippen LogP contribution in [-0.4, -0.2) is 16.5 Å². The fraction of sp³-hybridized carbons (Fsp3) is 1.00. The minimum atomic E-state index is -0.0195. The molecule has 0 saturated heterocycles. The van der Waals surface area contributed by atoms with Crippen molar-refractivity contribution in [1.29, 1.82) is 0 Å². The highest BCUT2D eigenvalue weighted by molar-refractivity contribution is 9.09. The van der Waals surface area contributed by atoms with Crippen LogP contribution in [0, 0.1) is 5.92 Å². The van der Waals surface area contributed by atoms with E-state index in [1.54, 1.807) is 0 Å². The molecule has 0 aromatic rings. The van der Waals surface area contributed by atoms with Crippen LogP contribution in [0.2, 0.25) is 0 Å². The lowest BCUT2D eigenvalue weighted by molar-refractivity contribution is -0.138. The van der Waals surface area contributed by atoms with Gasteiger partial charge in [-0.2, -0.15) is 0 Å². The maximum atomic E-state index is 6.22. The summed E-state index contributed by atoms with van der Waals surface area (Å²) >= 11 is 3.62. The molecule has 0 aromatic carbocycles. The van der Waals surface area contributed by atoms with Gasteiger partial charge in [0.2, 0.25) is 0 Å². The van der Waals surface area contributed by atoms with Crippen molar-refractivity contribution < 1.29 is 4.74 Å². The van der Waals surface area contributed by atoms with Crippen molar-refractivity contribution in [1.82, 2.24) is 0 Å². The van der Waals surface area contributed by atoms with Crippen LogP contribution in [0.3, 0.4) is 0 Å². The average molecular weight is 263 g/mol. The second-order valence-corrected chi connectivity index (χ2v) is 6.27. The monoisotopic (exact) mass is 262 g/mol. The molecule has 1 aliphatic rings.